The number of methoxy groups -OCH3 is 2. The zero-order chi connectivity index (χ0) is 20.9. The molecule has 0 unspecified atom stereocenters. The highest BCUT2D eigenvalue weighted by molar-refractivity contribution is 7.92. The quantitative estimate of drug-likeness (QED) is 0.729. The van der Waals surface area contributed by atoms with Crippen LogP contribution in [0.2, 0.25) is 0 Å². The molecular weight excluding hydrogens is 380 g/mol. The van der Waals surface area contributed by atoms with E-state index in [1.165, 1.54) is 27.2 Å². The number of ether oxygens (including phenoxy) is 2. The Kier molecular flexibility index (Phi) is 6.90. The summed E-state index contributed by atoms with van der Waals surface area (Å²) in [4.78, 5) is 12.9. The fraction of sp³-hybridized carbons (Fsp3) is 0.350. The summed E-state index contributed by atoms with van der Waals surface area (Å²) in [7, 11) is -0.865. The second kappa shape index (κ2) is 8.97. The molecule has 0 aliphatic rings. The molecule has 0 aliphatic heterocycles. The molecule has 152 valence electrons. The van der Waals surface area contributed by atoms with Crippen LogP contribution in [0, 0.1) is 0 Å². The summed E-state index contributed by atoms with van der Waals surface area (Å²) in [6, 6.07) is 13.0. The normalized spacial score (nSPS) is 13.3. The Morgan fingerprint density at radius 1 is 1.04 bits per heavy atom. The van der Waals surface area contributed by atoms with Crippen molar-refractivity contribution in [1.29, 1.82) is 0 Å². The summed E-state index contributed by atoms with van der Waals surface area (Å²) in [5, 5.41) is 2.87. The average Bonchev–Trinajstić information content (AvgIpc) is 2.67. The van der Waals surface area contributed by atoms with E-state index in [1.54, 1.807) is 12.1 Å². The number of anilines is 1. The van der Waals surface area contributed by atoms with E-state index in [1.807, 2.05) is 37.3 Å². The van der Waals surface area contributed by atoms with Gasteiger partial charge in [-0.25, -0.2) is 8.42 Å². The van der Waals surface area contributed by atoms with E-state index in [9.17, 15) is 13.2 Å². The molecule has 0 saturated heterocycles. The van der Waals surface area contributed by atoms with Gasteiger partial charge >= 0.3 is 0 Å². The first-order valence-corrected chi connectivity index (χ1v) is 10.6. The zero-order valence-electron chi connectivity index (χ0n) is 16.7. The van der Waals surface area contributed by atoms with Crippen molar-refractivity contribution >= 4 is 21.6 Å². The largest absolute Gasteiger partial charge is 0.497 e. The van der Waals surface area contributed by atoms with Gasteiger partial charge in [-0.05, 0) is 31.5 Å². The van der Waals surface area contributed by atoms with E-state index in [0.29, 0.717) is 11.5 Å². The molecule has 0 bridgehead atoms. The summed E-state index contributed by atoms with van der Waals surface area (Å²) in [5.74, 6) is 0.350. The Bertz CT molecular complexity index is 915. The Balaban J connectivity index is 2.37. The predicted molar refractivity (Wildman–Crippen MR) is 109 cm³/mol. The molecule has 1 N–H and O–H groups in total. The van der Waals surface area contributed by atoms with Crippen LogP contribution >= 0.6 is 0 Å². The lowest BCUT2D eigenvalue weighted by Crippen LogP contribution is -2.48. The van der Waals surface area contributed by atoms with Crippen molar-refractivity contribution in [2.24, 2.45) is 0 Å². The molecule has 2 aromatic rings. The molecule has 0 radical (unpaired) electrons. The minimum absolute atomic E-state index is 0.236. The first-order chi connectivity index (χ1) is 13.2. The highest BCUT2D eigenvalue weighted by Crippen LogP contribution is 2.35. The second-order valence-electron chi connectivity index (χ2n) is 6.41. The second-order valence-corrected chi connectivity index (χ2v) is 8.27. The lowest BCUT2D eigenvalue weighted by molar-refractivity contribution is -0.122. The number of nitrogens with zero attached hydrogens (tertiary/aromatic N) is 1. The van der Waals surface area contributed by atoms with E-state index in [4.69, 9.17) is 9.47 Å². The van der Waals surface area contributed by atoms with Crippen LogP contribution in [0.4, 0.5) is 5.69 Å². The number of carbonyl (C=O) groups is 1. The number of hydrogen-bond acceptors (Lipinski definition) is 5. The van der Waals surface area contributed by atoms with Gasteiger partial charge in [-0.15, -0.1) is 0 Å². The lowest BCUT2D eigenvalue weighted by atomic mass is 10.1. The molecule has 1 amide bonds. The standard InChI is InChI=1S/C20H26N2O5S/c1-14(16-9-7-6-8-10-16)21-20(23)15(2)22(28(5,24)25)18-13-17(26-3)11-12-19(18)27-4/h6-15H,1-5H3,(H,21,23)/t14-,15+/m1/s1. The zero-order valence-corrected chi connectivity index (χ0v) is 17.5. The Labute approximate surface area is 166 Å². The lowest BCUT2D eigenvalue weighted by Gasteiger charge is -2.30. The van der Waals surface area contributed by atoms with Gasteiger partial charge in [-0.2, -0.15) is 0 Å². The number of carbonyl (C=O) groups excluding carboxylic acids is 1. The number of nitrogens with one attached hydrogen (secondary N) is 1. The predicted octanol–water partition coefficient (Wildman–Crippen LogP) is 2.74. The minimum Gasteiger partial charge on any atom is -0.497 e. The molecule has 2 rings (SSSR count). The topological polar surface area (TPSA) is 84.9 Å². The van der Waals surface area contributed by atoms with Crippen molar-refractivity contribution in [2.45, 2.75) is 25.9 Å². The van der Waals surface area contributed by atoms with Gasteiger partial charge in [0.05, 0.1) is 32.2 Å². The molecule has 2 aromatic carbocycles. The molecule has 0 heterocycles. The summed E-state index contributed by atoms with van der Waals surface area (Å²) < 4.78 is 36.7. The maximum atomic E-state index is 12.9. The average molecular weight is 407 g/mol. The number of hydrogen-bond donors (Lipinski definition) is 1. The Hall–Kier alpha value is -2.74. The Morgan fingerprint density at radius 2 is 1.68 bits per heavy atom. The van der Waals surface area contributed by atoms with Crippen LogP contribution in [0.5, 0.6) is 11.5 Å². The first kappa shape index (κ1) is 21.6. The smallest absolute Gasteiger partial charge is 0.244 e. The van der Waals surface area contributed by atoms with Crippen LogP contribution in [0.1, 0.15) is 25.5 Å². The maximum Gasteiger partial charge on any atom is 0.244 e. The molecule has 2 atom stereocenters. The van der Waals surface area contributed by atoms with Gasteiger partial charge < -0.3 is 14.8 Å². The number of benzene rings is 2. The van der Waals surface area contributed by atoms with Gasteiger partial charge in [-0.1, -0.05) is 30.3 Å². The molecule has 0 aliphatic carbocycles. The third-order valence-corrected chi connectivity index (χ3v) is 5.60. The molecule has 0 fully saturated rings. The third-order valence-electron chi connectivity index (χ3n) is 4.37. The van der Waals surface area contributed by atoms with Gasteiger partial charge in [0.15, 0.2) is 0 Å². The van der Waals surface area contributed by atoms with Crippen molar-refractivity contribution in [1.82, 2.24) is 5.32 Å². The summed E-state index contributed by atoms with van der Waals surface area (Å²) in [5.41, 5.74) is 1.16. The fourth-order valence-electron chi connectivity index (χ4n) is 2.91. The third kappa shape index (κ3) is 4.95. The monoisotopic (exact) mass is 406 g/mol. The molecule has 7 nitrogen and oxygen atoms in total. The number of amides is 1. The number of sulfonamides is 1. The SMILES string of the molecule is COc1ccc(OC)c(N([C@@H](C)C(=O)N[C@H](C)c2ccccc2)S(C)(=O)=O)c1. The van der Waals surface area contributed by atoms with Crippen molar-refractivity contribution in [3.05, 3.63) is 54.1 Å². The summed E-state index contributed by atoms with van der Waals surface area (Å²) >= 11 is 0. The van der Waals surface area contributed by atoms with Gasteiger partial charge in [0.1, 0.15) is 17.5 Å². The highest BCUT2D eigenvalue weighted by atomic mass is 32.2. The van der Waals surface area contributed by atoms with Crippen LogP contribution in [-0.4, -0.2) is 40.8 Å². The van der Waals surface area contributed by atoms with Crippen LogP contribution in [0.3, 0.4) is 0 Å². The van der Waals surface area contributed by atoms with Crippen LogP contribution in [0.25, 0.3) is 0 Å². The molecule has 0 spiro atoms. The van der Waals surface area contributed by atoms with Gasteiger partial charge in [0.2, 0.25) is 15.9 Å². The molecule has 0 saturated carbocycles. The van der Waals surface area contributed by atoms with Crippen LogP contribution < -0.4 is 19.1 Å². The molecule has 28 heavy (non-hydrogen) atoms. The highest BCUT2D eigenvalue weighted by Gasteiger charge is 2.32. The van der Waals surface area contributed by atoms with E-state index < -0.39 is 22.0 Å². The molecule has 8 heteroatoms. The van der Waals surface area contributed by atoms with Crippen molar-refractivity contribution in [3.8, 4) is 11.5 Å². The van der Waals surface area contributed by atoms with Gasteiger partial charge in [-0.3, -0.25) is 9.10 Å². The summed E-state index contributed by atoms with van der Waals surface area (Å²) in [6.07, 6.45) is 1.05. The number of rotatable bonds is 8. The molecular formula is C20H26N2O5S. The fourth-order valence-corrected chi connectivity index (χ4v) is 4.08. The van der Waals surface area contributed by atoms with Gasteiger partial charge in [0.25, 0.3) is 0 Å². The van der Waals surface area contributed by atoms with Gasteiger partial charge in [0, 0.05) is 6.07 Å². The van der Waals surface area contributed by atoms with E-state index in [0.717, 1.165) is 16.1 Å². The van der Waals surface area contributed by atoms with Crippen LogP contribution in [-0.2, 0) is 14.8 Å². The van der Waals surface area contributed by atoms with E-state index in [-0.39, 0.29) is 11.7 Å². The van der Waals surface area contributed by atoms with Crippen LogP contribution in [0.15, 0.2) is 48.5 Å². The molecule has 0 aromatic heterocycles. The summed E-state index contributed by atoms with van der Waals surface area (Å²) in [6.45, 7) is 3.38. The maximum absolute atomic E-state index is 12.9. The van der Waals surface area contributed by atoms with Crippen molar-refractivity contribution in [2.75, 3.05) is 24.8 Å². The van der Waals surface area contributed by atoms with E-state index >= 15 is 0 Å². The first-order valence-electron chi connectivity index (χ1n) is 8.75. The Morgan fingerprint density at radius 3 is 2.21 bits per heavy atom. The van der Waals surface area contributed by atoms with E-state index in [2.05, 4.69) is 5.32 Å². The minimum atomic E-state index is -3.78. The van der Waals surface area contributed by atoms with Crippen molar-refractivity contribution in [3.63, 3.8) is 0 Å². The van der Waals surface area contributed by atoms with Crippen molar-refractivity contribution < 1.29 is 22.7 Å².